The molecule has 1 fully saturated rings. The maximum absolute atomic E-state index is 14.0. The Morgan fingerprint density at radius 2 is 1.77 bits per heavy atom. The number of aryl methyl sites for hydroxylation is 2. The van der Waals surface area contributed by atoms with Gasteiger partial charge in [-0.05, 0) is 51.0 Å². The Balaban J connectivity index is 1.43. The van der Waals surface area contributed by atoms with E-state index in [1.807, 2.05) is 13.8 Å². The summed E-state index contributed by atoms with van der Waals surface area (Å²) in [5.41, 5.74) is 3.66. The molecule has 0 spiro atoms. The van der Waals surface area contributed by atoms with Crippen LogP contribution in [0.3, 0.4) is 0 Å². The highest BCUT2D eigenvalue weighted by molar-refractivity contribution is 5.94. The van der Waals surface area contributed by atoms with Crippen LogP contribution < -0.4 is 0 Å². The number of rotatable bonds is 6. The molecule has 3 aromatic rings. The molecule has 1 aliphatic carbocycles. The van der Waals surface area contributed by atoms with E-state index in [9.17, 15) is 14.0 Å². The van der Waals surface area contributed by atoms with Crippen LogP contribution >= 0.6 is 0 Å². The average Bonchev–Trinajstić information content (AvgIpc) is 3.57. The Bertz CT molecular complexity index is 1130. The van der Waals surface area contributed by atoms with Crippen LogP contribution in [0, 0.1) is 19.7 Å². The van der Waals surface area contributed by atoms with E-state index in [2.05, 4.69) is 9.97 Å². The van der Waals surface area contributed by atoms with E-state index in [1.165, 1.54) is 6.07 Å². The predicted octanol–water partition coefficient (Wildman–Crippen LogP) is 3.73. The highest BCUT2D eigenvalue weighted by Crippen LogP contribution is 2.29. The molecule has 0 N–H and O–H groups in total. The van der Waals surface area contributed by atoms with Crippen LogP contribution in [0.2, 0.25) is 0 Å². The maximum atomic E-state index is 14.0. The van der Waals surface area contributed by atoms with Gasteiger partial charge in [0, 0.05) is 18.2 Å². The molecule has 1 aliphatic rings. The van der Waals surface area contributed by atoms with Crippen molar-refractivity contribution < 1.29 is 18.7 Å². The number of nitrogens with zero attached hydrogens (tertiary/aromatic N) is 3. The number of amides is 1. The number of hydrogen-bond acceptors (Lipinski definition) is 5. The van der Waals surface area contributed by atoms with E-state index >= 15 is 0 Å². The molecule has 4 rings (SSSR count). The number of aromatic nitrogens is 2. The van der Waals surface area contributed by atoms with E-state index in [0.717, 1.165) is 24.2 Å². The minimum Gasteiger partial charge on any atom is -0.452 e. The molecule has 0 saturated heterocycles. The van der Waals surface area contributed by atoms with E-state index in [4.69, 9.17) is 4.74 Å². The summed E-state index contributed by atoms with van der Waals surface area (Å²) in [4.78, 5) is 35.6. The fourth-order valence-corrected chi connectivity index (χ4v) is 3.27. The first kappa shape index (κ1) is 19.9. The second kappa shape index (κ2) is 8.18. The van der Waals surface area contributed by atoms with Crippen molar-refractivity contribution in [2.45, 2.75) is 39.3 Å². The smallest absolute Gasteiger partial charge is 0.338 e. The first-order valence-electron chi connectivity index (χ1n) is 9.87. The van der Waals surface area contributed by atoms with Gasteiger partial charge in [0.25, 0.3) is 5.91 Å². The Kier molecular flexibility index (Phi) is 5.44. The number of halogens is 1. The van der Waals surface area contributed by atoms with Gasteiger partial charge in [-0.15, -0.1) is 0 Å². The lowest BCUT2D eigenvalue weighted by Gasteiger charge is -2.22. The number of carbonyl (C=O) groups excluding carboxylic acids is 2. The Morgan fingerprint density at radius 3 is 2.47 bits per heavy atom. The summed E-state index contributed by atoms with van der Waals surface area (Å²) < 4.78 is 19.2. The predicted molar refractivity (Wildman–Crippen MR) is 109 cm³/mol. The zero-order valence-corrected chi connectivity index (χ0v) is 16.9. The SMILES string of the molecule is Cc1nc2ccc(C(=O)OCC(=O)N(Cc3ccccc3F)C3CC3)cc2nc1C. The van der Waals surface area contributed by atoms with Gasteiger partial charge in [-0.2, -0.15) is 0 Å². The van der Waals surface area contributed by atoms with Gasteiger partial charge < -0.3 is 9.64 Å². The molecule has 1 amide bonds. The zero-order valence-electron chi connectivity index (χ0n) is 16.9. The molecule has 0 aliphatic heterocycles. The Hall–Kier alpha value is -3.35. The number of esters is 1. The Morgan fingerprint density at radius 1 is 1.07 bits per heavy atom. The number of ether oxygens (including phenoxy) is 1. The summed E-state index contributed by atoms with van der Waals surface area (Å²) in [6, 6.07) is 11.4. The van der Waals surface area contributed by atoms with Crippen LogP contribution in [0.1, 0.15) is 40.2 Å². The minimum atomic E-state index is -0.605. The monoisotopic (exact) mass is 407 g/mol. The van der Waals surface area contributed by atoms with Crippen LogP contribution in [-0.2, 0) is 16.1 Å². The van der Waals surface area contributed by atoms with Gasteiger partial charge in [-0.1, -0.05) is 18.2 Å². The third kappa shape index (κ3) is 4.30. The van der Waals surface area contributed by atoms with E-state index < -0.39 is 5.97 Å². The van der Waals surface area contributed by atoms with Crippen molar-refractivity contribution in [3.8, 4) is 0 Å². The molecular formula is C23H22FN3O3. The summed E-state index contributed by atoms with van der Waals surface area (Å²) >= 11 is 0. The van der Waals surface area contributed by atoms with Crippen molar-refractivity contribution in [2.24, 2.45) is 0 Å². The Labute approximate surface area is 173 Å². The van der Waals surface area contributed by atoms with Crippen molar-refractivity contribution in [3.63, 3.8) is 0 Å². The first-order chi connectivity index (χ1) is 14.4. The zero-order chi connectivity index (χ0) is 21.3. The third-order valence-electron chi connectivity index (χ3n) is 5.24. The van der Waals surface area contributed by atoms with Gasteiger partial charge in [-0.25, -0.2) is 19.2 Å². The fraction of sp³-hybridized carbons (Fsp3) is 0.304. The summed E-state index contributed by atoms with van der Waals surface area (Å²) in [5.74, 6) is -1.29. The summed E-state index contributed by atoms with van der Waals surface area (Å²) in [6.45, 7) is 3.51. The second-order valence-electron chi connectivity index (χ2n) is 7.52. The number of hydrogen-bond donors (Lipinski definition) is 0. The summed E-state index contributed by atoms with van der Waals surface area (Å²) in [7, 11) is 0. The number of benzene rings is 2. The van der Waals surface area contributed by atoms with Crippen LogP contribution in [0.5, 0.6) is 0 Å². The fourth-order valence-electron chi connectivity index (χ4n) is 3.27. The van der Waals surface area contributed by atoms with E-state index in [1.54, 1.807) is 41.3 Å². The van der Waals surface area contributed by atoms with Crippen LogP contribution in [0.15, 0.2) is 42.5 Å². The molecule has 30 heavy (non-hydrogen) atoms. The van der Waals surface area contributed by atoms with E-state index in [-0.39, 0.29) is 30.9 Å². The lowest BCUT2D eigenvalue weighted by molar-refractivity contribution is -0.135. The molecule has 6 nitrogen and oxygen atoms in total. The second-order valence-corrected chi connectivity index (χ2v) is 7.52. The molecular weight excluding hydrogens is 385 g/mol. The summed E-state index contributed by atoms with van der Waals surface area (Å²) in [5, 5.41) is 0. The van der Waals surface area contributed by atoms with Gasteiger partial charge in [0.2, 0.25) is 0 Å². The van der Waals surface area contributed by atoms with Gasteiger partial charge in [-0.3, -0.25) is 4.79 Å². The first-order valence-corrected chi connectivity index (χ1v) is 9.87. The van der Waals surface area contributed by atoms with Gasteiger partial charge in [0.15, 0.2) is 6.61 Å². The van der Waals surface area contributed by atoms with Crippen molar-refractivity contribution >= 4 is 22.9 Å². The molecule has 154 valence electrons. The lowest BCUT2D eigenvalue weighted by atomic mass is 10.2. The minimum absolute atomic E-state index is 0.0676. The maximum Gasteiger partial charge on any atom is 0.338 e. The van der Waals surface area contributed by atoms with Crippen molar-refractivity contribution in [2.75, 3.05) is 6.61 Å². The van der Waals surface area contributed by atoms with Gasteiger partial charge in [0.05, 0.1) is 28.0 Å². The molecule has 1 heterocycles. The average molecular weight is 407 g/mol. The third-order valence-corrected chi connectivity index (χ3v) is 5.24. The normalized spacial score (nSPS) is 13.3. The molecule has 0 bridgehead atoms. The topological polar surface area (TPSA) is 72.4 Å². The molecule has 1 saturated carbocycles. The quantitative estimate of drug-likeness (QED) is 0.582. The number of fused-ring (bicyclic) bond motifs is 1. The molecule has 0 radical (unpaired) electrons. The lowest BCUT2D eigenvalue weighted by Crippen LogP contribution is -2.36. The van der Waals surface area contributed by atoms with Gasteiger partial charge in [0.1, 0.15) is 5.82 Å². The molecule has 2 aromatic carbocycles. The number of carbonyl (C=O) groups is 2. The van der Waals surface area contributed by atoms with Crippen molar-refractivity contribution in [1.82, 2.24) is 14.9 Å². The molecule has 0 unspecified atom stereocenters. The highest BCUT2D eigenvalue weighted by atomic mass is 19.1. The van der Waals surface area contributed by atoms with Crippen molar-refractivity contribution in [1.29, 1.82) is 0 Å². The van der Waals surface area contributed by atoms with Crippen LogP contribution in [0.25, 0.3) is 11.0 Å². The van der Waals surface area contributed by atoms with Crippen molar-refractivity contribution in [3.05, 3.63) is 70.8 Å². The largest absolute Gasteiger partial charge is 0.452 e. The summed E-state index contributed by atoms with van der Waals surface area (Å²) in [6.07, 6.45) is 1.74. The van der Waals surface area contributed by atoms with Crippen LogP contribution in [-0.4, -0.2) is 39.4 Å². The standard InChI is InChI=1S/C23H22FN3O3/c1-14-15(2)26-21-11-16(7-10-20(21)25-14)23(29)30-13-22(28)27(18-8-9-18)12-17-5-3-4-6-19(17)24/h3-7,10-11,18H,8-9,12-13H2,1-2H3. The molecule has 7 heteroatoms. The molecule has 1 aromatic heterocycles. The molecule has 0 atom stereocenters. The van der Waals surface area contributed by atoms with E-state index in [0.29, 0.717) is 22.2 Å². The highest BCUT2D eigenvalue weighted by Gasteiger charge is 2.33. The van der Waals surface area contributed by atoms with Gasteiger partial charge >= 0.3 is 5.97 Å². The van der Waals surface area contributed by atoms with Crippen LogP contribution in [0.4, 0.5) is 4.39 Å².